The van der Waals surface area contributed by atoms with E-state index in [0.717, 1.165) is 0 Å². The third kappa shape index (κ3) is 4.06. The van der Waals surface area contributed by atoms with Crippen molar-refractivity contribution in [1.29, 1.82) is 0 Å². The van der Waals surface area contributed by atoms with Crippen molar-refractivity contribution < 1.29 is 19.4 Å². The van der Waals surface area contributed by atoms with Gasteiger partial charge in [-0.1, -0.05) is 0 Å². The SMILES string of the molecule is COCCNC(=O)Nc1ccc(C(=O)O)cc1C. The Morgan fingerprint density at radius 2 is 2.11 bits per heavy atom. The van der Waals surface area contributed by atoms with Gasteiger partial charge in [0, 0.05) is 19.3 Å². The quantitative estimate of drug-likeness (QED) is 0.692. The lowest BCUT2D eigenvalue weighted by Gasteiger charge is -2.10. The summed E-state index contributed by atoms with van der Waals surface area (Å²) >= 11 is 0. The first kappa shape index (κ1) is 14.0. The van der Waals surface area contributed by atoms with Gasteiger partial charge in [0.2, 0.25) is 0 Å². The zero-order valence-corrected chi connectivity index (χ0v) is 10.3. The Balaban J connectivity index is 2.62. The van der Waals surface area contributed by atoms with E-state index >= 15 is 0 Å². The number of nitrogens with one attached hydrogen (secondary N) is 2. The lowest BCUT2D eigenvalue weighted by Crippen LogP contribution is -2.31. The summed E-state index contributed by atoms with van der Waals surface area (Å²) in [7, 11) is 1.55. The number of urea groups is 1. The molecular weight excluding hydrogens is 236 g/mol. The maximum absolute atomic E-state index is 11.5. The van der Waals surface area contributed by atoms with Gasteiger partial charge >= 0.3 is 12.0 Å². The van der Waals surface area contributed by atoms with Crippen molar-refractivity contribution in [2.75, 3.05) is 25.6 Å². The number of aromatic carboxylic acids is 1. The first-order valence-corrected chi connectivity index (χ1v) is 5.42. The van der Waals surface area contributed by atoms with Gasteiger partial charge in [0.25, 0.3) is 0 Å². The first-order valence-electron chi connectivity index (χ1n) is 5.42. The largest absolute Gasteiger partial charge is 0.478 e. The number of hydrogen-bond donors (Lipinski definition) is 3. The minimum absolute atomic E-state index is 0.192. The van der Waals surface area contributed by atoms with Gasteiger partial charge in [-0.05, 0) is 30.7 Å². The molecule has 3 N–H and O–H groups in total. The van der Waals surface area contributed by atoms with Gasteiger partial charge in [-0.15, -0.1) is 0 Å². The van der Waals surface area contributed by atoms with Crippen LogP contribution in [0, 0.1) is 6.92 Å². The van der Waals surface area contributed by atoms with Crippen LogP contribution in [0.5, 0.6) is 0 Å². The van der Waals surface area contributed by atoms with E-state index in [1.165, 1.54) is 12.1 Å². The summed E-state index contributed by atoms with van der Waals surface area (Å²) in [5.74, 6) is -0.991. The van der Waals surface area contributed by atoms with E-state index < -0.39 is 5.97 Å². The van der Waals surface area contributed by atoms with E-state index in [9.17, 15) is 9.59 Å². The van der Waals surface area contributed by atoms with Crippen LogP contribution in [0.1, 0.15) is 15.9 Å². The number of ether oxygens (including phenoxy) is 1. The summed E-state index contributed by atoms with van der Waals surface area (Å²) in [4.78, 5) is 22.2. The molecule has 98 valence electrons. The van der Waals surface area contributed by atoms with Crippen LogP contribution in [0.15, 0.2) is 18.2 Å². The van der Waals surface area contributed by atoms with Crippen molar-refractivity contribution in [2.45, 2.75) is 6.92 Å². The molecule has 0 unspecified atom stereocenters. The minimum Gasteiger partial charge on any atom is -0.478 e. The number of carbonyl (C=O) groups excluding carboxylic acids is 1. The fraction of sp³-hybridized carbons (Fsp3) is 0.333. The third-order valence-corrected chi connectivity index (χ3v) is 2.31. The normalized spacial score (nSPS) is 9.89. The number of amides is 2. The van der Waals surface area contributed by atoms with Crippen LogP contribution in [0.25, 0.3) is 0 Å². The molecule has 0 saturated heterocycles. The van der Waals surface area contributed by atoms with Crippen LogP contribution in [-0.4, -0.2) is 37.4 Å². The second-order valence-electron chi connectivity index (χ2n) is 3.71. The Hall–Kier alpha value is -2.08. The van der Waals surface area contributed by atoms with E-state index in [1.54, 1.807) is 20.1 Å². The highest BCUT2D eigenvalue weighted by Gasteiger charge is 2.07. The fourth-order valence-corrected chi connectivity index (χ4v) is 1.37. The highest BCUT2D eigenvalue weighted by atomic mass is 16.5. The zero-order valence-electron chi connectivity index (χ0n) is 10.3. The van der Waals surface area contributed by atoms with Crippen molar-refractivity contribution in [1.82, 2.24) is 5.32 Å². The molecule has 0 atom stereocenters. The predicted octanol–water partition coefficient (Wildman–Crippen LogP) is 1.46. The van der Waals surface area contributed by atoms with Crippen LogP contribution < -0.4 is 10.6 Å². The fourth-order valence-electron chi connectivity index (χ4n) is 1.37. The lowest BCUT2D eigenvalue weighted by molar-refractivity contribution is 0.0697. The van der Waals surface area contributed by atoms with Crippen molar-refractivity contribution in [3.63, 3.8) is 0 Å². The summed E-state index contributed by atoms with van der Waals surface area (Å²) in [6.45, 7) is 2.58. The molecule has 6 heteroatoms. The lowest BCUT2D eigenvalue weighted by atomic mass is 10.1. The molecule has 0 heterocycles. The molecule has 0 bridgehead atoms. The standard InChI is InChI=1S/C12H16N2O4/c1-8-7-9(11(15)16)3-4-10(8)14-12(17)13-5-6-18-2/h3-4,7H,5-6H2,1-2H3,(H,15,16)(H2,13,14,17). The molecule has 1 aromatic rings. The summed E-state index contributed by atoms with van der Waals surface area (Å²) < 4.78 is 4.80. The Kier molecular flexibility index (Phi) is 5.13. The first-order chi connectivity index (χ1) is 8.54. The Bertz CT molecular complexity index is 446. The van der Waals surface area contributed by atoms with Gasteiger partial charge in [-0.2, -0.15) is 0 Å². The van der Waals surface area contributed by atoms with E-state index in [-0.39, 0.29) is 11.6 Å². The highest BCUT2D eigenvalue weighted by molar-refractivity contribution is 5.92. The second kappa shape index (κ2) is 6.61. The van der Waals surface area contributed by atoms with Crippen LogP contribution in [0.4, 0.5) is 10.5 Å². The van der Waals surface area contributed by atoms with Gasteiger partial charge < -0.3 is 20.5 Å². The van der Waals surface area contributed by atoms with Crippen molar-refractivity contribution in [3.05, 3.63) is 29.3 Å². The number of benzene rings is 1. The zero-order chi connectivity index (χ0) is 13.5. The molecule has 0 fully saturated rings. The van der Waals surface area contributed by atoms with Gasteiger partial charge in [-0.3, -0.25) is 0 Å². The van der Waals surface area contributed by atoms with E-state index in [4.69, 9.17) is 9.84 Å². The molecular formula is C12H16N2O4. The monoisotopic (exact) mass is 252 g/mol. The van der Waals surface area contributed by atoms with Crippen LogP contribution in [0.2, 0.25) is 0 Å². The average molecular weight is 252 g/mol. The van der Waals surface area contributed by atoms with Gasteiger partial charge in [0.15, 0.2) is 0 Å². The highest BCUT2D eigenvalue weighted by Crippen LogP contribution is 2.16. The van der Waals surface area contributed by atoms with Crippen LogP contribution in [-0.2, 0) is 4.74 Å². The molecule has 18 heavy (non-hydrogen) atoms. The smallest absolute Gasteiger partial charge is 0.335 e. The maximum atomic E-state index is 11.5. The minimum atomic E-state index is -0.991. The summed E-state index contributed by atoms with van der Waals surface area (Å²) in [5, 5.41) is 14.1. The Morgan fingerprint density at radius 3 is 2.67 bits per heavy atom. The third-order valence-electron chi connectivity index (χ3n) is 2.31. The maximum Gasteiger partial charge on any atom is 0.335 e. The molecule has 0 spiro atoms. The summed E-state index contributed by atoms with van der Waals surface area (Å²) in [6.07, 6.45) is 0. The van der Waals surface area contributed by atoms with Crippen LogP contribution in [0.3, 0.4) is 0 Å². The number of carbonyl (C=O) groups is 2. The average Bonchev–Trinajstić information content (AvgIpc) is 2.32. The molecule has 0 radical (unpaired) electrons. The number of anilines is 1. The molecule has 0 aliphatic rings. The molecule has 0 aliphatic heterocycles. The molecule has 0 aliphatic carbocycles. The van der Waals surface area contributed by atoms with Gasteiger partial charge in [0.05, 0.1) is 12.2 Å². The van der Waals surface area contributed by atoms with Gasteiger partial charge in [-0.25, -0.2) is 9.59 Å². The Labute approximate surface area is 105 Å². The number of methoxy groups -OCH3 is 1. The topological polar surface area (TPSA) is 87.7 Å². The molecule has 0 aromatic heterocycles. The molecule has 0 saturated carbocycles. The molecule has 1 aromatic carbocycles. The number of carboxylic acid groups (broad SMARTS) is 1. The number of hydrogen-bond acceptors (Lipinski definition) is 3. The summed E-state index contributed by atoms with van der Waals surface area (Å²) in [6, 6.07) is 4.17. The van der Waals surface area contributed by atoms with Crippen molar-refractivity contribution in [2.24, 2.45) is 0 Å². The molecule has 2 amide bonds. The van der Waals surface area contributed by atoms with Crippen molar-refractivity contribution >= 4 is 17.7 Å². The molecule has 1 rings (SSSR count). The second-order valence-corrected chi connectivity index (χ2v) is 3.71. The van der Waals surface area contributed by atoms with Crippen molar-refractivity contribution in [3.8, 4) is 0 Å². The number of rotatable bonds is 5. The summed E-state index contributed by atoms with van der Waals surface area (Å²) in [5.41, 5.74) is 1.46. The number of carboxylic acids is 1. The van der Waals surface area contributed by atoms with E-state index in [1.807, 2.05) is 0 Å². The van der Waals surface area contributed by atoms with E-state index in [0.29, 0.717) is 24.4 Å². The van der Waals surface area contributed by atoms with E-state index in [2.05, 4.69) is 10.6 Å². The predicted molar refractivity (Wildman–Crippen MR) is 67.0 cm³/mol. The Morgan fingerprint density at radius 1 is 1.39 bits per heavy atom. The van der Waals surface area contributed by atoms with Gasteiger partial charge in [0.1, 0.15) is 0 Å². The molecule has 6 nitrogen and oxygen atoms in total. The number of aryl methyl sites for hydroxylation is 1. The van der Waals surface area contributed by atoms with Crippen LogP contribution >= 0.6 is 0 Å².